The lowest BCUT2D eigenvalue weighted by Gasteiger charge is -1.98. The topological polar surface area (TPSA) is 17.3 Å². The van der Waals surface area contributed by atoms with E-state index in [-0.39, 0.29) is 0 Å². The van der Waals surface area contributed by atoms with Crippen LogP contribution in [0.2, 0.25) is 0 Å². The number of nitrogens with zero attached hydrogens (tertiary/aromatic N) is 2. The van der Waals surface area contributed by atoms with Gasteiger partial charge >= 0.3 is 0 Å². The summed E-state index contributed by atoms with van der Waals surface area (Å²) in [6.07, 6.45) is 1.92. The normalized spacial score (nSPS) is 12.2. The molecule has 0 saturated carbocycles. The molecule has 2 nitrogen and oxygen atoms in total. The molecule has 2 aromatic carbocycles. The smallest absolute Gasteiger partial charge is 0.0969 e. The quantitative estimate of drug-likeness (QED) is 0.397. The molecule has 0 aliphatic carbocycles. The molecule has 2 heteroatoms. The van der Waals surface area contributed by atoms with E-state index in [1.54, 1.807) is 0 Å². The van der Waals surface area contributed by atoms with Gasteiger partial charge in [-0.1, -0.05) is 30.3 Å². The standard InChI is InChI=1S/C18H12N2/c1-11-6-7-12-13-8-9-19-17-14-4-2-3-5-15(14)20(18(13)17)16(12)10-11/h2-10H,1H3. The Kier molecular flexibility index (Phi) is 1.68. The Morgan fingerprint density at radius 1 is 0.850 bits per heavy atom. The Morgan fingerprint density at radius 3 is 2.70 bits per heavy atom. The molecule has 3 aromatic heterocycles. The highest BCUT2D eigenvalue weighted by Crippen LogP contribution is 2.37. The highest BCUT2D eigenvalue weighted by Gasteiger charge is 2.17. The van der Waals surface area contributed by atoms with Crippen LogP contribution in [0.3, 0.4) is 0 Å². The van der Waals surface area contributed by atoms with Crippen molar-refractivity contribution in [3.05, 3.63) is 60.3 Å². The van der Waals surface area contributed by atoms with Gasteiger partial charge in [0.25, 0.3) is 0 Å². The first-order chi connectivity index (χ1) is 9.84. The third-order valence-corrected chi connectivity index (χ3v) is 4.23. The van der Waals surface area contributed by atoms with E-state index in [9.17, 15) is 0 Å². The number of benzene rings is 2. The van der Waals surface area contributed by atoms with Crippen LogP contribution in [-0.2, 0) is 0 Å². The molecular formula is C18H12N2. The van der Waals surface area contributed by atoms with E-state index in [1.165, 1.54) is 38.3 Å². The van der Waals surface area contributed by atoms with Gasteiger partial charge < -0.3 is 4.40 Å². The molecule has 0 unspecified atom stereocenters. The molecule has 0 aliphatic rings. The molecule has 5 rings (SSSR count). The van der Waals surface area contributed by atoms with Crippen molar-refractivity contribution in [3.8, 4) is 0 Å². The minimum absolute atomic E-state index is 1.10. The Balaban J connectivity index is 2.28. The molecule has 0 spiro atoms. The van der Waals surface area contributed by atoms with Gasteiger partial charge in [0.05, 0.1) is 22.1 Å². The van der Waals surface area contributed by atoms with Crippen LogP contribution in [0.4, 0.5) is 0 Å². The van der Waals surface area contributed by atoms with Gasteiger partial charge in [0.2, 0.25) is 0 Å². The van der Waals surface area contributed by atoms with Crippen LogP contribution in [0.25, 0.3) is 38.2 Å². The van der Waals surface area contributed by atoms with Gasteiger partial charge in [0, 0.05) is 22.4 Å². The zero-order valence-electron chi connectivity index (χ0n) is 11.1. The summed E-state index contributed by atoms with van der Waals surface area (Å²) in [4.78, 5) is 4.62. The van der Waals surface area contributed by atoms with E-state index in [1.807, 2.05) is 6.20 Å². The lowest BCUT2D eigenvalue weighted by atomic mass is 10.1. The summed E-state index contributed by atoms with van der Waals surface area (Å²) in [5.74, 6) is 0. The Morgan fingerprint density at radius 2 is 1.75 bits per heavy atom. The van der Waals surface area contributed by atoms with Gasteiger partial charge in [-0.15, -0.1) is 0 Å². The summed E-state index contributed by atoms with van der Waals surface area (Å²) < 4.78 is 2.36. The number of aromatic nitrogens is 2. The first-order valence-corrected chi connectivity index (χ1v) is 6.84. The lowest BCUT2D eigenvalue weighted by Crippen LogP contribution is -1.80. The van der Waals surface area contributed by atoms with Crippen molar-refractivity contribution < 1.29 is 0 Å². The monoisotopic (exact) mass is 256 g/mol. The summed E-state index contributed by atoms with van der Waals surface area (Å²) in [6, 6.07) is 17.3. The molecule has 0 fully saturated rings. The summed E-state index contributed by atoms with van der Waals surface area (Å²) in [5, 5.41) is 3.83. The Bertz CT molecular complexity index is 1100. The van der Waals surface area contributed by atoms with Crippen molar-refractivity contribution >= 4 is 38.2 Å². The fourth-order valence-electron chi connectivity index (χ4n) is 3.39. The van der Waals surface area contributed by atoms with Crippen LogP contribution in [0.5, 0.6) is 0 Å². The second kappa shape index (κ2) is 3.28. The molecule has 0 aliphatic heterocycles. The van der Waals surface area contributed by atoms with Gasteiger partial charge in [-0.25, -0.2) is 0 Å². The first kappa shape index (κ1) is 10.2. The molecule has 0 amide bonds. The molecule has 5 aromatic rings. The molecule has 0 radical (unpaired) electrons. The van der Waals surface area contributed by atoms with Gasteiger partial charge in [0.15, 0.2) is 0 Å². The fraction of sp³-hybridized carbons (Fsp3) is 0.0556. The van der Waals surface area contributed by atoms with E-state index in [0.717, 1.165) is 5.52 Å². The van der Waals surface area contributed by atoms with Gasteiger partial charge in [-0.05, 0) is 30.7 Å². The maximum atomic E-state index is 4.62. The zero-order chi connectivity index (χ0) is 13.3. The SMILES string of the molecule is Cc1ccc2c3ccnc4c5ccccc5n(c2c1)c34. The molecule has 94 valence electrons. The van der Waals surface area contributed by atoms with E-state index in [4.69, 9.17) is 0 Å². The summed E-state index contributed by atoms with van der Waals surface area (Å²) in [6.45, 7) is 2.14. The predicted molar refractivity (Wildman–Crippen MR) is 83.6 cm³/mol. The van der Waals surface area contributed by atoms with Crippen molar-refractivity contribution in [2.24, 2.45) is 0 Å². The van der Waals surface area contributed by atoms with Crippen molar-refractivity contribution in [1.82, 2.24) is 9.38 Å². The molecule has 0 atom stereocenters. The highest BCUT2D eigenvalue weighted by atomic mass is 14.9. The number of para-hydroxylation sites is 1. The van der Waals surface area contributed by atoms with E-state index in [2.05, 4.69) is 64.8 Å². The van der Waals surface area contributed by atoms with Crippen LogP contribution >= 0.6 is 0 Å². The van der Waals surface area contributed by atoms with Crippen LogP contribution in [0.1, 0.15) is 5.56 Å². The molecule has 0 bridgehead atoms. The van der Waals surface area contributed by atoms with Crippen LogP contribution in [0.15, 0.2) is 54.7 Å². The largest absolute Gasteiger partial charge is 0.306 e. The molecule has 0 N–H and O–H groups in total. The van der Waals surface area contributed by atoms with Crippen molar-refractivity contribution in [2.75, 3.05) is 0 Å². The average molecular weight is 256 g/mol. The van der Waals surface area contributed by atoms with Gasteiger partial charge in [-0.3, -0.25) is 4.98 Å². The minimum Gasteiger partial charge on any atom is -0.306 e. The Labute approximate surface area is 115 Å². The second-order valence-electron chi connectivity index (χ2n) is 5.43. The summed E-state index contributed by atoms with van der Waals surface area (Å²) in [5.41, 5.74) is 6.16. The van der Waals surface area contributed by atoms with Crippen molar-refractivity contribution in [3.63, 3.8) is 0 Å². The summed E-state index contributed by atoms with van der Waals surface area (Å²) in [7, 11) is 0. The lowest BCUT2D eigenvalue weighted by molar-refractivity contribution is 1.35. The van der Waals surface area contributed by atoms with Gasteiger partial charge in [0.1, 0.15) is 0 Å². The molecule has 3 heterocycles. The second-order valence-corrected chi connectivity index (χ2v) is 5.43. The number of hydrogen-bond donors (Lipinski definition) is 0. The number of fused-ring (bicyclic) bond motifs is 6. The van der Waals surface area contributed by atoms with Crippen LogP contribution < -0.4 is 0 Å². The van der Waals surface area contributed by atoms with E-state index < -0.39 is 0 Å². The maximum Gasteiger partial charge on any atom is 0.0969 e. The van der Waals surface area contributed by atoms with Crippen LogP contribution in [-0.4, -0.2) is 9.38 Å². The average Bonchev–Trinajstić information content (AvgIpc) is 2.98. The van der Waals surface area contributed by atoms with Crippen LogP contribution in [0, 0.1) is 6.92 Å². The maximum absolute atomic E-state index is 4.62. The van der Waals surface area contributed by atoms with Crippen molar-refractivity contribution in [2.45, 2.75) is 6.92 Å². The third kappa shape index (κ3) is 1.04. The van der Waals surface area contributed by atoms with Crippen molar-refractivity contribution in [1.29, 1.82) is 0 Å². The number of rotatable bonds is 0. The molecule has 0 saturated heterocycles. The number of aryl methyl sites for hydroxylation is 1. The molecular weight excluding hydrogens is 244 g/mol. The predicted octanol–water partition coefficient (Wildman–Crippen LogP) is 4.54. The zero-order valence-corrected chi connectivity index (χ0v) is 11.1. The Hall–Kier alpha value is -2.61. The van der Waals surface area contributed by atoms with E-state index >= 15 is 0 Å². The highest BCUT2D eigenvalue weighted by molar-refractivity contribution is 6.21. The number of hydrogen-bond acceptors (Lipinski definition) is 1. The minimum atomic E-state index is 1.10. The summed E-state index contributed by atoms with van der Waals surface area (Å²) >= 11 is 0. The third-order valence-electron chi connectivity index (χ3n) is 4.23. The number of pyridine rings is 1. The first-order valence-electron chi connectivity index (χ1n) is 6.84. The fourth-order valence-corrected chi connectivity index (χ4v) is 3.39. The van der Waals surface area contributed by atoms with E-state index in [0.29, 0.717) is 0 Å². The molecule has 20 heavy (non-hydrogen) atoms. The van der Waals surface area contributed by atoms with Gasteiger partial charge in [-0.2, -0.15) is 0 Å².